The summed E-state index contributed by atoms with van der Waals surface area (Å²) in [7, 11) is 1.70. The van der Waals surface area contributed by atoms with Crippen molar-refractivity contribution in [2.75, 3.05) is 33.4 Å². The Morgan fingerprint density at radius 1 is 1.55 bits per heavy atom. The van der Waals surface area contributed by atoms with Gasteiger partial charge in [0.15, 0.2) is 0 Å². The molecule has 1 aliphatic rings. The first-order valence-corrected chi connectivity index (χ1v) is 7.17. The molecule has 0 unspecified atom stereocenters. The number of hydrogen-bond donors (Lipinski definition) is 2. The summed E-state index contributed by atoms with van der Waals surface area (Å²) < 4.78 is 11.2. The monoisotopic (exact) mass is 366 g/mol. The van der Waals surface area contributed by atoms with E-state index in [9.17, 15) is 4.79 Å². The highest BCUT2D eigenvalue weighted by molar-refractivity contribution is 9.10. The van der Waals surface area contributed by atoms with Gasteiger partial charge in [0.1, 0.15) is 0 Å². The number of piperidine rings is 1. The smallest absolute Gasteiger partial charge is 0.288 e. The summed E-state index contributed by atoms with van der Waals surface area (Å²) in [5.41, 5.74) is 0.0225. The molecule has 20 heavy (non-hydrogen) atoms. The van der Waals surface area contributed by atoms with Crippen molar-refractivity contribution in [3.8, 4) is 0 Å². The second-order valence-electron chi connectivity index (χ2n) is 4.96. The maximum Gasteiger partial charge on any atom is 0.288 e. The van der Waals surface area contributed by atoms with Crippen LogP contribution in [0.3, 0.4) is 0 Å². The summed E-state index contributed by atoms with van der Waals surface area (Å²) in [5, 5.41) is 6.28. The standard InChI is InChI=1S/C13H19BrN2O3.ClH/c1-18-9-13(3-5-15-6-4-13)8-16-12(17)11-10(14)2-7-19-11;/h2,7,15H,3-6,8-9H2,1H3,(H,16,17);1H. The molecule has 1 aromatic rings. The molecular weight excluding hydrogens is 348 g/mol. The van der Waals surface area contributed by atoms with E-state index in [-0.39, 0.29) is 23.7 Å². The number of halogens is 2. The van der Waals surface area contributed by atoms with E-state index in [2.05, 4.69) is 26.6 Å². The van der Waals surface area contributed by atoms with Crippen molar-refractivity contribution in [3.63, 3.8) is 0 Å². The molecule has 0 radical (unpaired) electrons. The first kappa shape index (κ1) is 17.5. The number of rotatable bonds is 5. The third-order valence-corrected chi connectivity index (χ3v) is 4.19. The first-order valence-electron chi connectivity index (χ1n) is 6.38. The molecule has 1 aromatic heterocycles. The minimum Gasteiger partial charge on any atom is -0.458 e. The van der Waals surface area contributed by atoms with Gasteiger partial charge in [-0.15, -0.1) is 12.4 Å². The van der Waals surface area contributed by atoms with Crippen LogP contribution in [-0.4, -0.2) is 39.3 Å². The summed E-state index contributed by atoms with van der Waals surface area (Å²) in [6.45, 7) is 3.19. The van der Waals surface area contributed by atoms with E-state index in [0.717, 1.165) is 25.9 Å². The lowest BCUT2D eigenvalue weighted by Gasteiger charge is -2.37. The van der Waals surface area contributed by atoms with E-state index in [4.69, 9.17) is 9.15 Å². The molecule has 0 atom stereocenters. The van der Waals surface area contributed by atoms with Gasteiger partial charge in [0.2, 0.25) is 5.76 Å². The van der Waals surface area contributed by atoms with Crippen LogP contribution in [0.4, 0.5) is 0 Å². The molecule has 1 aliphatic heterocycles. The number of methoxy groups -OCH3 is 1. The number of carbonyl (C=O) groups is 1. The Labute approximate surface area is 133 Å². The fraction of sp³-hybridized carbons (Fsp3) is 0.615. The minimum atomic E-state index is -0.189. The Hall–Kier alpha value is -0.560. The quantitative estimate of drug-likeness (QED) is 0.837. The van der Waals surface area contributed by atoms with Crippen molar-refractivity contribution in [1.29, 1.82) is 0 Å². The van der Waals surface area contributed by atoms with Crippen molar-refractivity contribution >= 4 is 34.2 Å². The van der Waals surface area contributed by atoms with E-state index >= 15 is 0 Å². The van der Waals surface area contributed by atoms with Crippen LogP contribution >= 0.6 is 28.3 Å². The van der Waals surface area contributed by atoms with Crippen LogP contribution < -0.4 is 10.6 Å². The van der Waals surface area contributed by atoms with E-state index < -0.39 is 0 Å². The predicted molar refractivity (Wildman–Crippen MR) is 82.4 cm³/mol. The average Bonchev–Trinajstić information content (AvgIpc) is 2.84. The van der Waals surface area contributed by atoms with Crippen molar-refractivity contribution in [2.24, 2.45) is 5.41 Å². The zero-order valence-electron chi connectivity index (χ0n) is 11.4. The van der Waals surface area contributed by atoms with Crippen LogP contribution in [0.25, 0.3) is 0 Å². The van der Waals surface area contributed by atoms with Gasteiger partial charge in [-0.25, -0.2) is 0 Å². The Kier molecular flexibility index (Phi) is 7.02. The van der Waals surface area contributed by atoms with Crippen LogP contribution in [0.15, 0.2) is 21.2 Å². The molecular formula is C13H20BrClN2O3. The van der Waals surface area contributed by atoms with Crippen LogP contribution in [0, 0.1) is 5.41 Å². The SMILES string of the molecule is COCC1(CNC(=O)c2occc2Br)CCNCC1.Cl. The van der Waals surface area contributed by atoms with Gasteiger partial charge in [0.05, 0.1) is 17.3 Å². The maximum atomic E-state index is 12.0. The zero-order chi connectivity index (χ0) is 13.7. The van der Waals surface area contributed by atoms with Crippen LogP contribution in [-0.2, 0) is 4.74 Å². The lowest BCUT2D eigenvalue weighted by atomic mass is 9.79. The maximum absolute atomic E-state index is 12.0. The normalized spacial score (nSPS) is 17.3. The molecule has 2 rings (SSSR count). The molecule has 1 saturated heterocycles. The topological polar surface area (TPSA) is 63.5 Å². The number of nitrogens with one attached hydrogen (secondary N) is 2. The molecule has 0 saturated carbocycles. The second kappa shape index (κ2) is 8.02. The number of carbonyl (C=O) groups excluding carboxylic acids is 1. The van der Waals surface area contributed by atoms with E-state index in [1.165, 1.54) is 6.26 Å². The summed E-state index contributed by atoms with van der Waals surface area (Å²) in [6.07, 6.45) is 3.50. The Balaban J connectivity index is 0.00000200. The minimum absolute atomic E-state index is 0. The summed E-state index contributed by atoms with van der Waals surface area (Å²) in [5.74, 6) is 0.132. The van der Waals surface area contributed by atoms with Gasteiger partial charge in [-0.3, -0.25) is 4.79 Å². The number of ether oxygens (including phenoxy) is 1. The summed E-state index contributed by atoms with van der Waals surface area (Å²) in [4.78, 5) is 12.0. The highest BCUT2D eigenvalue weighted by Gasteiger charge is 2.33. The van der Waals surface area contributed by atoms with E-state index in [1.807, 2.05) is 0 Å². The molecule has 0 aromatic carbocycles. The van der Waals surface area contributed by atoms with E-state index in [1.54, 1.807) is 13.2 Å². The second-order valence-corrected chi connectivity index (χ2v) is 5.82. The predicted octanol–water partition coefficient (Wildman–Crippen LogP) is 2.21. The molecule has 1 amide bonds. The van der Waals surface area contributed by atoms with Crippen molar-refractivity contribution < 1.29 is 13.9 Å². The highest BCUT2D eigenvalue weighted by Crippen LogP contribution is 2.28. The number of amides is 1. The number of hydrogen-bond acceptors (Lipinski definition) is 4. The fourth-order valence-electron chi connectivity index (χ4n) is 2.44. The summed E-state index contributed by atoms with van der Waals surface area (Å²) in [6, 6.07) is 1.71. The van der Waals surface area contributed by atoms with Crippen LogP contribution in [0.5, 0.6) is 0 Å². The third-order valence-electron chi connectivity index (χ3n) is 3.56. The molecule has 2 heterocycles. The highest BCUT2D eigenvalue weighted by atomic mass is 79.9. The molecule has 5 nitrogen and oxygen atoms in total. The average molecular weight is 368 g/mol. The van der Waals surface area contributed by atoms with Crippen molar-refractivity contribution in [1.82, 2.24) is 10.6 Å². The third kappa shape index (κ3) is 4.22. The molecule has 0 bridgehead atoms. The Morgan fingerprint density at radius 2 is 2.25 bits per heavy atom. The zero-order valence-corrected chi connectivity index (χ0v) is 13.8. The fourth-order valence-corrected chi connectivity index (χ4v) is 2.82. The van der Waals surface area contributed by atoms with Gasteiger partial charge >= 0.3 is 0 Å². The van der Waals surface area contributed by atoms with Crippen LogP contribution in [0.2, 0.25) is 0 Å². The lowest BCUT2D eigenvalue weighted by molar-refractivity contribution is 0.0506. The first-order chi connectivity index (χ1) is 9.17. The van der Waals surface area contributed by atoms with Gasteiger partial charge in [-0.2, -0.15) is 0 Å². The van der Waals surface area contributed by atoms with E-state index in [0.29, 0.717) is 23.4 Å². The van der Waals surface area contributed by atoms with Gasteiger partial charge in [0, 0.05) is 19.1 Å². The Morgan fingerprint density at radius 3 is 2.80 bits per heavy atom. The van der Waals surface area contributed by atoms with Gasteiger partial charge < -0.3 is 19.8 Å². The number of furan rings is 1. The molecule has 2 N–H and O–H groups in total. The molecule has 114 valence electrons. The molecule has 1 fully saturated rings. The Bertz CT molecular complexity index is 427. The largest absolute Gasteiger partial charge is 0.458 e. The summed E-state index contributed by atoms with van der Waals surface area (Å²) >= 11 is 3.29. The molecule has 7 heteroatoms. The lowest BCUT2D eigenvalue weighted by Crippen LogP contribution is -2.47. The van der Waals surface area contributed by atoms with Gasteiger partial charge in [-0.1, -0.05) is 0 Å². The van der Waals surface area contributed by atoms with Gasteiger partial charge in [-0.05, 0) is 47.9 Å². The van der Waals surface area contributed by atoms with Crippen LogP contribution in [0.1, 0.15) is 23.4 Å². The van der Waals surface area contributed by atoms with Crippen molar-refractivity contribution in [3.05, 3.63) is 22.6 Å². The molecule has 0 aliphatic carbocycles. The van der Waals surface area contributed by atoms with Crippen molar-refractivity contribution in [2.45, 2.75) is 12.8 Å². The molecule has 0 spiro atoms. The van der Waals surface area contributed by atoms with Gasteiger partial charge in [0.25, 0.3) is 5.91 Å².